The smallest absolute Gasteiger partial charge is 0.177 e. The van der Waals surface area contributed by atoms with Gasteiger partial charge < -0.3 is 19.4 Å². The van der Waals surface area contributed by atoms with E-state index in [0.717, 1.165) is 66.1 Å². The number of imidazole rings is 2. The van der Waals surface area contributed by atoms with Crippen LogP contribution in [-0.4, -0.2) is 65.5 Å². The van der Waals surface area contributed by atoms with Crippen molar-refractivity contribution in [3.63, 3.8) is 0 Å². The number of H-pyrrole nitrogens is 5. The van der Waals surface area contributed by atoms with E-state index in [2.05, 4.69) is 65.5 Å². The fraction of sp³-hybridized carbons (Fsp3) is 0. The van der Waals surface area contributed by atoms with Gasteiger partial charge in [-0.05, 0) is 66.7 Å². The van der Waals surface area contributed by atoms with Gasteiger partial charge in [0.05, 0.1) is 53.4 Å². The lowest BCUT2D eigenvalue weighted by atomic mass is 10.3. The van der Waals surface area contributed by atoms with Crippen LogP contribution in [0.4, 0.5) is 0 Å². The molecule has 0 amide bonds. The van der Waals surface area contributed by atoms with Gasteiger partial charge in [-0.3, -0.25) is 10.1 Å². The Labute approximate surface area is 306 Å². The summed E-state index contributed by atoms with van der Waals surface area (Å²) < 4.78 is 5.12. The van der Waals surface area contributed by atoms with Gasteiger partial charge in [0.1, 0.15) is 22.3 Å². The number of aromatic nitrogens is 13. The second-order valence-electron chi connectivity index (χ2n) is 11.2. The summed E-state index contributed by atoms with van der Waals surface area (Å²) in [6, 6.07) is 37.2. The minimum absolute atomic E-state index is 0.775. The Morgan fingerprint density at radius 2 is 1.20 bits per heavy atom. The van der Waals surface area contributed by atoms with E-state index in [1.54, 1.807) is 43.7 Å². The SMILES string of the molecule is c1cc2nc[nH]c2cn1.c1ccc2[nH]ncc2c1.c1ccc2n[nH]nc2c1.c1ccc2occc2c1.c1cnc2[nH]ccc2c1.c1cnc2nc[nH]c2c1. The van der Waals surface area contributed by atoms with Crippen molar-refractivity contribution in [2.45, 2.75) is 0 Å². The van der Waals surface area contributed by atoms with Crippen molar-refractivity contribution in [3.05, 3.63) is 171 Å². The molecule has 14 nitrogen and oxygen atoms in total. The first kappa shape index (κ1) is 34.4. The molecule has 0 aliphatic rings. The molecule has 0 fully saturated rings. The number of nitrogens with zero attached hydrogens (tertiary/aromatic N) is 8. The molecule has 9 aromatic heterocycles. The second kappa shape index (κ2) is 17.8. The van der Waals surface area contributed by atoms with Gasteiger partial charge in [0.25, 0.3) is 0 Å². The summed E-state index contributed by atoms with van der Waals surface area (Å²) in [4.78, 5) is 28.9. The van der Waals surface area contributed by atoms with Crippen molar-refractivity contribution in [1.29, 1.82) is 0 Å². The number of hydrogen-bond acceptors (Lipinski definition) is 9. The van der Waals surface area contributed by atoms with Crippen LogP contribution in [0.15, 0.2) is 176 Å². The van der Waals surface area contributed by atoms with Crippen molar-refractivity contribution < 1.29 is 4.42 Å². The summed E-state index contributed by atoms with van der Waals surface area (Å²) >= 11 is 0. The van der Waals surface area contributed by atoms with Crippen molar-refractivity contribution >= 4 is 66.1 Å². The maximum Gasteiger partial charge on any atom is 0.177 e. The lowest BCUT2D eigenvalue weighted by Gasteiger charge is -1.82. The normalized spacial score (nSPS) is 10.2. The maximum atomic E-state index is 5.12. The van der Waals surface area contributed by atoms with Crippen LogP contribution in [0.2, 0.25) is 0 Å². The lowest BCUT2D eigenvalue weighted by Crippen LogP contribution is -1.71. The minimum Gasteiger partial charge on any atom is -0.464 e. The molecule has 0 aliphatic carbocycles. The van der Waals surface area contributed by atoms with Crippen molar-refractivity contribution in [2.75, 3.05) is 0 Å². The summed E-state index contributed by atoms with van der Waals surface area (Å²) in [5.74, 6) is 0. The third-order valence-corrected chi connectivity index (χ3v) is 7.67. The van der Waals surface area contributed by atoms with Crippen LogP contribution < -0.4 is 0 Å². The summed E-state index contributed by atoms with van der Waals surface area (Å²) in [6.45, 7) is 0. The Hall–Kier alpha value is -8.00. The fourth-order valence-electron chi connectivity index (χ4n) is 5.02. The van der Waals surface area contributed by atoms with Crippen LogP contribution >= 0.6 is 0 Å². The molecule has 0 saturated carbocycles. The molecular weight excluding hydrogens is 679 g/mol. The van der Waals surface area contributed by atoms with Crippen LogP contribution in [0.3, 0.4) is 0 Å². The van der Waals surface area contributed by atoms with Gasteiger partial charge in [-0.1, -0.05) is 48.5 Å². The van der Waals surface area contributed by atoms with E-state index >= 15 is 0 Å². The Balaban J connectivity index is 0.0000001000. The molecule has 9 heterocycles. The number of fused-ring (bicyclic) bond motifs is 6. The fourth-order valence-corrected chi connectivity index (χ4v) is 5.02. The average Bonchev–Trinajstić information content (AvgIpc) is 4.09. The number of furan rings is 1. The number of rotatable bonds is 0. The van der Waals surface area contributed by atoms with Crippen LogP contribution in [-0.2, 0) is 0 Å². The van der Waals surface area contributed by atoms with Crippen LogP contribution in [0.5, 0.6) is 0 Å². The highest BCUT2D eigenvalue weighted by Gasteiger charge is 1.93. The molecule has 0 bridgehead atoms. The summed E-state index contributed by atoms with van der Waals surface area (Å²) in [5, 5.41) is 20.5. The number of pyridine rings is 3. The first-order chi connectivity index (χ1) is 26.8. The molecule has 0 atom stereocenters. The first-order valence-electron chi connectivity index (χ1n) is 16.7. The summed E-state index contributed by atoms with van der Waals surface area (Å²) in [5.41, 5.74) is 8.54. The molecule has 12 aromatic rings. The number of aromatic amines is 5. The van der Waals surface area contributed by atoms with E-state index in [1.807, 2.05) is 128 Å². The number of benzene rings is 3. The van der Waals surface area contributed by atoms with E-state index in [-0.39, 0.29) is 0 Å². The Bertz CT molecular complexity index is 2210. The Morgan fingerprint density at radius 3 is 2.02 bits per heavy atom. The third-order valence-electron chi connectivity index (χ3n) is 7.67. The molecule has 14 heteroatoms. The molecule has 0 saturated heterocycles. The highest BCUT2D eigenvalue weighted by Crippen LogP contribution is 2.13. The molecule has 3 aromatic carbocycles. The molecule has 264 valence electrons. The number of nitrogens with one attached hydrogen (secondary N) is 5. The monoisotopic (exact) mass is 711 g/mol. The molecule has 0 radical (unpaired) electrons. The maximum absolute atomic E-state index is 5.12. The standard InChI is InChI=1S/C8H6O.2C7H6N2.3C6H5N3/c1-2-4-8-7(3-1)5-6-9-8;1-2-6-3-5-9-7(6)8-4-1;1-2-4-7-6(3-1)5-8-9-7;1-2-7-3-6-5(1)8-4-9-6;1-2-5-6(7-3-1)9-4-8-5;1-2-4-6-5(3-1)7-9-8-6/h1-6H;2*1-5H,(H,8,9);1-4H,(H,8,9);2*1-4H,(H,7,8,9). The van der Waals surface area contributed by atoms with Crippen molar-refractivity contribution in [2.24, 2.45) is 0 Å². The van der Waals surface area contributed by atoms with Gasteiger partial charge in [0.15, 0.2) is 5.65 Å². The van der Waals surface area contributed by atoms with E-state index < -0.39 is 0 Å². The van der Waals surface area contributed by atoms with E-state index in [1.165, 1.54) is 0 Å². The highest BCUT2D eigenvalue weighted by molar-refractivity contribution is 5.78. The van der Waals surface area contributed by atoms with E-state index in [0.29, 0.717) is 0 Å². The number of hydrogen-bond donors (Lipinski definition) is 5. The van der Waals surface area contributed by atoms with Crippen molar-refractivity contribution in [3.8, 4) is 0 Å². The molecule has 0 spiro atoms. The van der Waals surface area contributed by atoms with E-state index in [9.17, 15) is 0 Å². The third kappa shape index (κ3) is 9.21. The number of para-hydroxylation sites is 4. The van der Waals surface area contributed by atoms with Crippen molar-refractivity contribution in [1.82, 2.24) is 65.5 Å². The predicted octanol–water partition coefficient (Wildman–Crippen LogP) is 8.43. The summed E-state index contributed by atoms with van der Waals surface area (Å²) in [6.07, 6.45) is 15.7. The largest absolute Gasteiger partial charge is 0.464 e. The van der Waals surface area contributed by atoms with Gasteiger partial charge in [-0.25, -0.2) is 19.9 Å². The van der Waals surface area contributed by atoms with Gasteiger partial charge >= 0.3 is 0 Å². The zero-order chi connectivity index (χ0) is 36.6. The average molecular weight is 712 g/mol. The second-order valence-corrected chi connectivity index (χ2v) is 11.2. The van der Waals surface area contributed by atoms with Crippen LogP contribution in [0, 0.1) is 0 Å². The topological polar surface area (TPSA) is 195 Å². The van der Waals surface area contributed by atoms with E-state index in [4.69, 9.17) is 4.42 Å². The minimum atomic E-state index is 0.775. The van der Waals surface area contributed by atoms with Gasteiger partial charge in [0, 0.05) is 40.9 Å². The Morgan fingerprint density at radius 1 is 0.481 bits per heavy atom. The first-order valence-corrected chi connectivity index (χ1v) is 16.7. The van der Waals surface area contributed by atoms with Gasteiger partial charge in [-0.2, -0.15) is 20.5 Å². The summed E-state index contributed by atoms with van der Waals surface area (Å²) in [7, 11) is 0. The lowest BCUT2D eigenvalue weighted by molar-refractivity contribution is 0.616. The molecule has 0 unspecified atom stereocenters. The molecule has 0 aliphatic heterocycles. The van der Waals surface area contributed by atoms with Gasteiger partial charge in [-0.15, -0.1) is 0 Å². The quantitative estimate of drug-likeness (QED) is 0.103. The molecule has 12 rings (SSSR count). The van der Waals surface area contributed by atoms with Crippen LogP contribution in [0.1, 0.15) is 0 Å². The molecular formula is C40H33N13O. The highest BCUT2D eigenvalue weighted by atomic mass is 16.3. The molecule has 54 heavy (non-hydrogen) atoms. The zero-order valence-corrected chi connectivity index (χ0v) is 28.7. The zero-order valence-electron chi connectivity index (χ0n) is 28.7. The predicted molar refractivity (Wildman–Crippen MR) is 210 cm³/mol. The molecule has 5 N–H and O–H groups in total. The van der Waals surface area contributed by atoms with Gasteiger partial charge in [0.2, 0.25) is 0 Å². The van der Waals surface area contributed by atoms with Crippen LogP contribution in [0.25, 0.3) is 66.1 Å². The Kier molecular flexibility index (Phi) is 11.3.